The van der Waals surface area contributed by atoms with Crippen LogP contribution in [0.1, 0.15) is 304 Å². The van der Waals surface area contributed by atoms with Crippen molar-refractivity contribution >= 4 is 0 Å². The fourth-order valence-electron chi connectivity index (χ4n) is 7.74. The van der Waals surface area contributed by atoms with Crippen LogP contribution >= 0.6 is 0 Å². The van der Waals surface area contributed by atoms with Gasteiger partial charge in [-0.05, 0) is 138 Å². The van der Waals surface area contributed by atoms with E-state index in [1.165, 1.54) is 66.9 Å². The first-order valence-corrected chi connectivity index (χ1v) is 28.1. The molecule has 6 rings (SSSR count). The quantitative estimate of drug-likeness (QED) is 0.119. The topological polar surface area (TPSA) is 12.9 Å². The third-order valence-electron chi connectivity index (χ3n) is 13.4. The van der Waals surface area contributed by atoms with Gasteiger partial charge in [-0.1, -0.05) is 294 Å². The molecule has 0 saturated heterocycles. The largest absolute Gasteiger partial charge is 0.261 e. The molecular formula is C71H107N. The van der Waals surface area contributed by atoms with Crippen LogP contribution in [0.3, 0.4) is 0 Å². The highest BCUT2D eigenvalue weighted by Gasteiger charge is 2.09. The summed E-state index contributed by atoms with van der Waals surface area (Å²) in [5.74, 6) is 7.55. The van der Waals surface area contributed by atoms with Crippen LogP contribution in [0.15, 0.2) is 140 Å². The lowest BCUT2D eigenvalue weighted by Crippen LogP contribution is -1.97. The molecule has 1 aromatic heterocycles. The summed E-state index contributed by atoms with van der Waals surface area (Å²) in [5.41, 5.74) is 17.0. The Balaban J connectivity index is 0.000000432. The van der Waals surface area contributed by atoms with Gasteiger partial charge < -0.3 is 0 Å². The van der Waals surface area contributed by atoms with E-state index in [-0.39, 0.29) is 0 Å². The summed E-state index contributed by atoms with van der Waals surface area (Å²) in [7, 11) is 0. The first-order chi connectivity index (χ1) is 33.7. The second-order valence-electron chi connectivity index (χ2n) is 23.7. The molecule has 0 spiro atoms. The third-order valence-corrected chi connectivity index (χ3v) is 13.4. The summed E-state index contributed by atoms with van der Waals surface area (Å²) in [6.45, 7) is 53.4. The monoisotopic (exact) mass is 974 g/mol. The van der Waals surface area contributed by atoms with Crippen LogP contribution in [0.5, 0.6) is 0 Å². The summed E-state index contributed by atoms with van der Waals surface area (Å²) in [6.07, 6.45) is 1.99. The molecule has 396 valence electrons. The highest BCUT2D eigenvalue weighted by Crippen LogP contribution is 2.26. The average Bonchev–Trinajstić information content (AvgIpc) is 3.35. The van der Waals surface area contributed by atoms with Gasteiger partial charge in [0.25, 0.3) is 0 Å². The maximum Gasteiger partial charge on any atom is 0.0429 e. The lowest BCUT2D eigenvalue weighted by atomic mass is 9.91. The Kier molecular flexibility index (Phi) is 30.7. The van der Waals surface area contributed by atoms with E-state index in [2.05, 4.69) is 305 Å². The second-order valence-corrected chi connectivity index (χ2v) is 23.7. The number of hydrogen-bond acceptors (Lipinski definition) is 1. The van der Waals surface area contributed by atoms with Gasteiger partial charge in [0.2, 0.25) is 0 Å². The first-order valence-electron chi connectivity index (χ1n) is 28.1. The maximum absolute atomic E-state index is 4.40. The van der Waals surface area contributed by atoms with Gasteiger partial charge in [0, 0.05) is 11.9 Å². The highest BCUT2D eigenvalue weighted by atomic mass is 14.7. The van der Waals surface area contributed by atoms with Crippen LogP contribution in [0.25, 0.3) is 0 Å². The molecule has 0 N–H and O–H groups in total. The second kappa shape index (κ2) is 33.9. The van der Waals surface area contributed by atoms with Gasteiger partial charge >= 0.3 is 0 Å². The molecule has 0 radical (unpaired) electrons. The minimum Gasteiger partial charge on any atom is -0.261 e. The van der Waals surface area contributed by atoms with E-state index in [9.17, 15) is 0 Å². The van der Waals surface area contributed by atoms with Crippen LogP contribution in [-0.4, -0.2) is 4.98 Å². The Morgan fingerprint density at radius 3 is 0.625 bits per heavy atom. The Morgan fingerprint density at radius 2 is 0.444 bits per heavy atom. The number of benzene rings is 5. The van der Waals surface area contributed by atoms with Gasteiger partial charge in [0.1, 0.15) is 0 Å². The van der Waals surface area contributed by atoms with Crippen LogP contribution in [0.4, 0.5) is 0 Å². The maximum atomic E-state index is 4.40. The molecule has 5 aromatic carbocycles. The van der Waals surface area contributed by atoms with Crippen molar-refractivity contribution in [2.24, 2.45) is 0 Å². The van der Waals surface area contributed by atoms with Crippen molar-refractivity contribution < 1.29 is 0 Å². The summed E-state index contributed by atoms with van der Waals surface area (Å²) in [5, 5.41) is 0. The van der Waals surface area contributed by atoms with Gasteiger partial charge in [-0.3, -0.25) is 4.98 Å². The van der Waals surface area contributed by atoms with Crippen molar-refractivity contribution in [2.45, 2.75) is 237 Å². The van der Waals surface area contributed by atoms with Gasteiger partial charge in [-0.2, -0.15) is 0 Å². The van der Waals surface area contributed by atoms with Gasteiger partial charge in [-0.15, -0.1) is 0 Å². The first kappa shape index (κ1) is 65.3. The minimum absolute atomic E-state index is 0.534. The van der Waals surface area contributed by atoms with E-state index in [1.807, 2.05) is 6.20 Å². The Labute approximate surface area is 446 Å². The lowest BCUT2D eigenvalue weighted by molar-refractivity contribution is 0.790. The van der Waals surface area contributed by atoms with Crippen LogP contribution < -0.4 is 0 Å². The molecule has 0 aliphatic heterocycles. The van der Waals surface area contributed by atoms with Crippen molar-refractivity contribution in [2.75, 3.05) is 0 Å². The Morgan fingerprint density at radius 1 is 0.208 bits per heavy atom. The van der Waals surface area contributed by atoms with Crippen LogP contribution in [0, 0.1) is 0 Å². The van der Waals surface area contributed by atoms with Crippen LogP contribution in [-0.2, 0) is 0 Å². The number of pyridine rings is 1. The normalized spacial score (nSPS) is 11.2. The zero-order valence-electron chi connectivity index (χ0n) is 50.7. The van der Waals surface area contributed by atoms with Gasteiger partial charge in [0.05, 0.1) is 0 Å². The molecule has 72 heavy (non-hydrogen) atoms. The molecule has 1 nitrogen and oxygen atoms in total. The highest BCUT2D eigenvalue weighted by molar-refractivity contribution is 5.33. The van der Waals surface area contributed by atoms with E-state index in [0.717, 1.165) is 0 Å². The van der Waals surface area contributed by atoms with E-state index < -0.39 is 0 Å². The molecule has 0 bridgehead atoms. The molecule has 0 fully saturated rings. The molecule has 0 amide bonds. The fourth-order valence-corrected chi connectivity index (χ4v) is 7.74. The van der Waals surface area contributed by atoms with Crippen molar-refractivity contribution in [3.63, 3.8) is 0 Å². The van der Waals surface area contributed by atoms with E-state index in [4.69, 9.17) is 0 Å². The van der Waals surface area contributed by atoms with E-state index >= 15 is 0 Å². The number of hydrogen-bond donors (Lipinski definition) is 0. The zero-order valence-corrected chi connectivity index (χ0v) is 50.7. The summed E-state index contributed by atoms with van der Waals surface area (Å²) in [4.78, 5) is 4.40. The van der Waals surface area contributed by atoms with E-state index in [1.54, 1.807) is 0 Å². The summed E-state index contributed by atoms with van der Waals surface area (Å²) >= 11 is 0. The van der Waals surface area contributed by atoms with Crippen molar-refractivity contribution in [3.05, 3.63) is 207 Å². The van der Waals surface area contributed by atoms with Crippen molar-refractivity contribution in [1.82, 2.24) is 4.98 Å². The lowest BCUT2D eigenvalue weighted by Gasteiger charge is -2.14. The molecule has 6 aromatic rings. The van der Waals surface area contributed by atoms with Crippen molar-refractivity contribution in [3.8, 4) is 0 Å². The molecular weight excluding hydrogens is 867 g/mol. The van der Waals surface area contributed by atoms with Gasteiger partial charge in [0.15, 0.2) is 0 Å². The third kappa shape index (κ3) is 24.8. The molecule has 0 aliphatic carbocycles. The predicted molar refractivity (Wildman–Crippen MR) is 326 cm³/mol. The molecule has 1 heterocycles. The molecule has 0 atom stereocenters. The standard InChI is InChI=1S/5C12H18.C11H17N/c3*1-9(2)11-5-7-12(8-6-11)10(3)4;1-9(2)11-6-5-7-12(8-11)10(3)4;1-9(2)11-7-5-6-8-12(11)10(3)4;1-8(2)10-5-6-11(9(3)4)12-7-10/h5*5-10H,1-4H3;5-9H,1-4H3. The SMILES string of the molecule is CC(C)c1ccc(C(C)C)cc1.CC(C)c1ccc(C(C)C)cc1.CC(C)c1ccc(C(C)C)cc1.CC(C)c1ccc(C(C)C)nc1.CC(C)c1cccc(C(C)C)c1.CC(C)c1ccccc1C(C)C. The summed E-state index contributed by atoms with van der Waals surface area (Å²) in [6, 6.07) is 48.7. The minimum atomic E-state index is 0.534. The fraction of sp³-hybridized carbons (Fsp3) is 0.507. The smallest absolute Gasteiger partial charge is 0.0429 e. The average molecular weight is 975 g/mol. The Bertz CT molecular complexity index is 1890. The molecule has 0 aliphatic rings. The van der Waals surface area contributed by atoms with E-state index in [0.29, 0.717) is 71.0 Å². The number of nitrogens with zero attached hydrogens (tertiary/aromatic N) is 1. The number of aromatic nitrogens is 1. The molecule has 1 heteroatoms. The predicted octanol–water partition coefficient (Wildman–Crippen LogP) is 23.0. The zero-order chi connectivity index (χ0) is 54.8. The molecule has 0 unspecified atom stereocenters. The van der Waals surface area contributed by atoms with Crippen LogP contribution in [0.2, 0.25) is 0 Å². The Hall–Kier alpha value is -4.75. The van der Waals surface area contributed by atoms with Gasteiger partial charge in [-0.25, -0.2) is 0 Å². The van der Waals surface area contributed by atoms with Crippen molar-refractivity contribution in [1.29, 1.82) is 0 Å². The summed E-state index contributed by atoms with van der Waals surface area (Å²) < 4.78 is 0. The number of rotatable bonds is 12. The molecule has 0 saturated carbocycles.